The summed E-state index contributed by atoms with van der Waals surface area (Å²) >= 11 is 2.25. The zero-order chi connectivity index (χ0) is 9.26. The number of hydrogen-bond acceptors (Lipinski definition) is 3. The topological polar surface area (TPSA) is 37.8 Å². The molecule has 0 aliphatic heterocycles. The van der Waals surface area contributed by atoms with E-state index in [9.17, 15) is 0 Å². The van der Waals surface area contributed by atoms with Gasteiger partial charge in [-0.05, 0) is 48.3 Å². The molecular formula is C9H12IN3. The van der Waals surface area contributed by atoms with Crippen molar-refractivity contribution in [1.29, 1.82) is 0 Å². The SMILES string of the molecule is CC(Nc1ncncc1I)C1CC1. The van der Waals surface area contributed by atoms with Gasteiger partial charge in [-0.2, -0.15) is 0 Å². The summed E-state index contributed by atoms with van der Waals surface area (Å²) in [6.07, 6.45) is 6.13. The summed E-state index contributed by atoms with van der Waals surface area (Å²) in [6.45, 7) is 2.22. The first-order chi connectivity index (χ1) is 6.27. The Balaban J connectivity index is 2.03. The molecule has 1 unspecified atom stereocenters. The van der Waals surface area contributed by atoms with Crippen LogP contribution in [0.2, 0.25) is 0 Å². The molecule has 1 aliphatic rings. The summed E-state index contributed by atoms with van der Waals surface area (Å²) < 4.78 is 1.09. The van der Waals surface area contributed by atoms with E-state index in [0.717, 1.165) is 15.3 Å². The third kappa shape index (κ3) is 2.30. The number of aromatic nitrogens is 2. The molecule has 1 atom stereocenters. The molecule has 1 saturated carbocycles. The molecule has 0 radical (unpaired) electrons. The number of anilines is 1. The molecule has 0 bridgehead atoms. The lowest BCUT2D eigenvalue weighted by Crippen LogP contribution is -2.18. The zero-order valence-electron chi connectivity index (χ0n) is 7.50. The van der Waals surface area contributed by atoms with E-state index in [1.165, 1.54) is 12.8 Å². The van der Waals surface area contributed by atoms with Crippen molar-refractivity contribution in [1.82, 2.24) is 9.97 Å². The van der Waals surface area contributed by atoms with Crippen LogP contribution in [0.4, 0.5) is 5.82 Å². The van der Waals surface area contributed by atoms with Crippen molar-refractivity contribution in [2.45, 2.75) is 25.8 Å². The molecule has 0 amide bonds. The second kappa shape index (κ2) is 3.77. The van der Waals surface area contributed by atoms with Crippen molar-refractivity contribution in [2.75, 3.05) is 5.32 Å². The van der Waals surface area contributed by atoms with E-state index in [1.807, 2.05) is 6.20 Å². The number of nitrogens with one attached hydrogen (secondary N) is 1. The summed E-state index contributed by atoms with van der Waals surface area (Å²) in [4.78, 5) is 8.15. The molecule has 70 valence electrons. The third-order valence-electron chi connectivity index (χ3n) is 2.36. The van der Waals surface area contributed by atoms with Crippen molar-refractivity contribution in [2.24, 2.45) is 5.92 Å². The van der Waals surface area contributed by atoms with Gasteiger partial charge in [0.25, 0.3) is 0 Å². The van der Waals surface area contributed by atoms with Gasteiger partial charge in [0, 0.05) is 12.2 Å². The molecule has 0 spiro atoms. The lowest BCUT2D eigenvalue weighted by Gasteiger charge is -2.13. The molecule has 1 aliphatic carbocycles. The van der Waals surface area contributed by atoms with Crippen molar-refractivity contribution < 1.29 is 0 Å². The summed E-state index contributed by atoms with van der Waals surface area (Å²) in [5.41, 5.74) is 0. The summed E-state index contributed by atoms with van der Waals surface area (Å²) in [6, 6.07) is 0.545. The van der Waals surface area contributed by atoms with Gasteiger partial charge < -0.3 is 5.32 Å². The molecule has 1 aromatic heterocycles. The lowest BCUT2D eigenvalue weighted by atomic mass is 10.2. The zero-order valence-corrected chi connectivity index (χ0v) is 9.65. The van der Waals surface area contributed by atoms with E-state index >= 15 is 0 Å². The summed E-state index contributed by atoms with van der Waals surface area (Å²) in [7, 11) is 0. The molecule has 1 fully saturated rings. The number of rotatable bonds is 3. The Kier molecular flexibility index (Phi) is 2.66. The van der Waals surface area contributed by atoms with E-state index < -0.39 is 0 Å². The Morgan fingerprint density at radius 2 is 2.38 bits per heavy atom. The second-order valence-electron chi connectivity index (χ2n) is 3.49. The fraction of sp³-hybridized carbons (Fsp3) is 0.556. The number of halogens is 1. The van der Waals surface area contributed by atoms with Crippen LogP contribution in [-0.4, -0.2) is 16.0 Å². The van der Waals surface area contributed by atoms with E-state index in [0.29, 0.717) is 6.04 Å². The molecule has 2 rings (SSSR count). The van der Waals surface area contributed by atoms with Gasteiger partial charge in [-0.3, -0.25) is 0 Å². The Bertz CT molecular complexity index is 299. The molecule has 1 aromatic rings. The predicted octanol–water partition coefficient (Wildman–Crippen LogP) is 2.29. The molecular weight excluding hydrogens is 277 g/mol. The minimum Gasteiger partial charge on any atom is -0.366 e. The van der Waals surface area contributed by atoms with Crippen LogP contribution < -0.4 is 5.32 Å². The van der Waals surface area contributed by atoms with Crippen LogP contribution in [0.5, 0.6) is 0 Å². The Morgan fingerprint density at radius 1 is 1.62 bits per heavy atom. The first kappa shape index (κ1) is 9.18. The molecule has 0 saturated heterocycles. The molecule has 13 heavy (non-hydrogen) atoms. The van der Waals surface area contributed by atoms with Gasteiger partial charge >= 0.3 is 0 Å². The summed E-state index contributed by atoms with van der Waals surface area (Å²) in [5, 5.41) is 3.41. The van der Waals surface area contributed by atoms with Gasteiger partial charge in [0.1, 0.15) is 12.1 Å². The minimum atomic E-state index is 0.545. The van der Waals surface area contributed by atoms with Crippen molar-refractivity contribution >= 4 is 28.4 Å². The van der Waals surface area contributed by atoms with Gasteiger partial charge in [-0.15, -0.1) is 0 Å². The minimum absolute atomic E-state index is 0.545. The van der Waals surface area contributed by atoms with Gasteiger partial charge in [-0.25, -0.2) is 9.97 Å². The Morgan fingerprint density at radius 3 is 3.00 bits per heavy atom. The molecule has 1 heterocycles. The van der Waals surface area contributed by atoms with Crippen molar-refractivity contribution in [3.05, 3.63) is 16.1 Å². The smallest absolute Gasteiger partial charge is 0.143 e. The van der Waals surface area contributed by atoms with Crippen LogP contribution in [0.1, 0.15) is 19.8 Å². The highest BCUT2D eigenvalue weighted by Gasteiger charge is 2.28. The Hall–Kier alpha value is -0.390. The monoisotopic (exact) mass is 289 g/mol. The molecule has 0 aromatic carbocycles. The van der Waals surface area contributed by atoms with Crippen LogP contribution in [0.15, 0.2) is 12.5 Å². The molecule has 3 nitrogen and oxygen atoms in total. The largest absolute Gasteiger partial charge is 0.366 e. The van der Waals surface area contributed by atoms with E-state index in [2.05, 4.69) is 44.8 Å². The third-order valence-corrected chi connectivity index (χ3v) is 3.15. The van der Waals surface area contributed by atoms with Crippen molar-refractivity contribution in [3.63, 3.8) is 0 Å². The second-order valence-corrected chi connectivity index (χ2v) is 4.65. The van der Waals surface area contributed by atoms with Crippen LogP contribution in [0.3, 0.4) is 0 Å². The highest BCUT2D eigenvalue weighted by molar-refractivity contribution is 14.1. The maximum absolute atomic E-state index is 4.20. The first-order valence-corrected chi connectivity index (χ1v) is 5.57. The average molecular weight is 289 g/mol. The van der Waals surface area contributed by atoms with Crippen LogP contribution in [0.25, 0.3) is 0 Å². The lowest BCUT2D eigenvalue weighted by molar-refractivity contribution is 0.689. The van der Waals surface area contributed by atoms with Gasteiger partial charge in [0.05, 0.1) is 3.57 Å². The number of hydrogen-bond donors (Lipinski definition) is 1. The molecule has 1 N–H and O–H groups in total. The van der Waals surface area contributed by atoms with Crippen LogP contribution >= 0.6 is 22.6 Å². The quantitative estimate of drug-likeness (QED) is 0.868. The van der Waals surface area contributed by atoms with Crippen LogP contribution in [0, 0.1) is 9.49 Å². The predicted molar refractivity (Wildman–Crippen MR) is 60.6 cm³/mol. The average Bonchev–Trinajstić information content (AvgIpc) is 2.91. The fourth-order valence-electron chi connectivity index (χ4n) is 1.35. The normalized spacial score (nSPS) is 18.3. The maximum atomic E-state index is 4.20. The first-order valence-electron chi connectivity index (χ1n) is 4.49. The fourth-order valence-corrected chi connectivity index (χ4v) is 1.80. The standard InChI is InChI=1S/C9H12IN3/c1-6(7-2-3-7)13-9-8(10)4-11-5-12-9/h4-7H,2-3H2,1H3,(H,11,12,13). The van der Waals surface area contributed by atoms with E-state index in [1.54, 1.807) is 6.33 Å². The van der Waals surface area contributed by atoms with Gasteiger partial charge in [0.2, 0.25) is 0 Å². The van der Waals surface area contributed by atoms with Gasteiger partial charge in [0.15, 0.2) is 0 Å². The maximum Gasteiger partial charge on any atom is 0.143 e. The van der Waals surface area contributed by atoms with E-state index in [4.69, 9.17) is 0 Å². The van der Waals surface area contributed by atoms with E-state index in [-0.39, 0.29) is 0 Å². The van der Waals surface area contributed by atoms with Gasteiger partial charge in [-0.1, -0.05) is 0 Å². The van der Waals surface area contributed by atoms with Crippen LogP contribution in [-0.2, 0) is 0 Å². The number of nitrogens with zero attached hydrogens (tertiary/aromatic N) is 2. The highest BCUT2D eigenvalue weighted by atomic mass is 127. The highest BCUT2D eigenvalue weighted by Crippen LogP contribution is 2.34. The summed E-state index contributed by atoms with van der Waals surface area (Å²) in [5.74, 6) is 1.82. The Labute approximate surface area is 91.5 Å². The molecule has 4 heteroatoms. The van der Waals surface area contributed by atoms with Crippen molar-refractivity contribution in [3.8, 4) is 0 Å².